The molecule has 1 amide bonds. The summed E-state index contributed by atoms with van der Waals surface area (Å²) >= 11 is 1.47. The molecule has 4 rings (SSSR count). The van der Waals surface area contributed by atoms with Gasteiger partial charge in [-0.2, -0.15) is 0 Å². The van der Waals surface area contributed by atoms with Crippen molar-refractivity contribution in [2.45, 2.75) is 58.4 Å². The summed E-state index contributed by atoms with van der Waals surface area (Å²) in [6.45, 7) is 3.85. The van der Waals surface area contributed by atoms with Crippen LogP contribution in [0.15, 0.2) is 36.4 Å². The van der Waals surface area contributed by atoms with E-state index in [0.717, 1.165) is 54.7 Å². The van der Waals surface area contributed by atoms with E-state index in [1.54, 1.807) is 6.92 Å². The second-order valence-electron chi connectivity index (χ2n) is 8.99. The Morgan fingerprint density at radius 3 is 2.26 bits per heavy atom. The van der Waals surface area contributed by atoms with Gasteiger partial charge in [-0.05, 0) is 56.1 Å². The molecule has 0 spiro atoms. The SMILES string of the molecule is CC(=O)c1sc(-c2ccccc2)cc1N(C(=O)C1CCC(C)CC1)C1CCS(=O)CC1. The number of rotatable bonds is 5. The zero-order valence-corrected chi connectivity index (χ0v) is 20.0. The Balaban J connectivity index is 1.73. The van der Waals surface area contributed by atoms with Crippen LogP contribution in [0.25, 0.3) is 10.4 Å². The molecule has 1 aliphatic carbocycles. The van der Waals surface area contributed by atoms with Crippen molar-refractivity contribution in [3.63, 3.8) is 0 Å². The molecule has 166 valence electrons. The summed E-state index contributed by atoms with van der Waals surface area (Å²) in [5.41, 5.74) is 1.82. The van der Waals surface area contributed by atoms with Crippen molar-refractivity contribution in [3.8, 4) is 10.4 Å². The molecule has 0 bridgehead atoms. The van der Waals surface area contributed by atoms with Crippen LogP contribution in [0.5, 0.6) is 0 Å². The van der Waals surface area contributed by atoms with Crippen LogP contribution in [0.3, 0.4) is 0 Å². The lowest BCUT2D eigenvalue weighted by molar-refractivity contribution is -0.124. The van der Waals surface area contributed by atoms with Crippen LogP contribution in [0, 0.1) is 11.8 Å². The van der Waals surface area contributed by atoms with E-state index in [4.69, 9.17) is 0 Å². The molecule has 0 unspecified atom stereocenters. The van der Waals surface area contributed by atoms with E-state index in [2.05, 4.69) is 6.92 Å². The van der Waals surface area contributed by atoms with Gasteiger partial charge in [0.25, 0.3) is 0 Å². The first kappa shape index (κ1) is 22.4. The Morgan fingerprint density at radius 2 is 1.65 bits per heavy atom. The highest BCUT2D eigenvalue weighted by molar-refractivity contribution is 7.85. The lowest BCUT2D eigenvalue weighted by Crippen LogP contribution is -2.47. The number of carbonyl (C=O) groups excluding carboxylic acids is 2. The van der Waals surface area contributed by atoms with Crippen LogP contribution in [-0.4, -0.2) is 33.4 Å². The molecule has 1 aromatic carbocycles. The van der Waals surface area contributed by atoms with Gasteiger partial charge in [-0.25, -0.2) is 0 Å². The van der Waals surface area contributed by atoms with Gasteiger partial charge in [-0.1, -0.05) is 37.3 Å². The molecule has 0 N–H and O–H groups in total. The van der Waals surface area contributed by atoms with Gasteiger partial charge in [0.2, 0.25) is 5.91 Å². The maximum absolute atomic E-state index is 13.9. The van der Waals surface area contributed by atoms with Crippen LogP contribution >= 0.6 is 11.3 Å². The molecule has 1 aliphatic heterocycles. The normalized spacial score (nSPS) is 26.4. The van der Waals surface area contributed by atoms with E-state index in [-0.39, 0.29) is 23.7 Å². The highest BCUT2D eigenvalue weighted by Gasteiger charge is 2.36. The first-order valence-corrected chi connectivity index (χ1v) is 13.6. The van der Waals surface area contributed by atoms with Crippen molar-refractivity contribution in [1.82, 2.24) is 0 Å². The third-order valence-electron chi connectivity index (χ3n) is 6.68. The van der Waals surface area contributed by atoms with Crippen LogP contribution in [0.2, 0.25) is 0 Å². The molecule has 0 radical (unpaired) electrons. The lowest BCUT2D eigenvalue weighted by Gasteiger charge is -2.37. The quantitative estimate of drug-likeness (QED) is 0.542. The number of Topliss-reactive ketones (excluding diaryl/α,β-unsaturated/α-hetero) is 1. The van der Waals surface area contributed by atoms with E-state index in [9.17, 15) is 13.8 Å². The Morgan fingerprint density at radius 1 is 1.00 bits per heavy atom. The van der Waals surface area contributed by atoms with Gasteiger partial charge in [-0.15, -0.1) is 11.3 Å². The molecular formula is C25H31NO3S2. The third kappa shape index (κ3) is 5.01. The fourth-order valence-corrected chi connectivity index (χ4v) is 7.12. The van der Waals surface area contributed by atoms with Gasteiger partial charge in [0.05, 0.1) is 10.6 Å². The smallest absolute Gasteiger partial charge is 0.230 e. The second kappa shape index (κ2) is 9.78. The number of nitrogens with zero attached hydrogens (tertiary/aromatic N) is 1. The predicted octanol–water partition coefficient (Wildman–Crippen LogP) is 5.69. The Hall–Kier alpha value is -1.79. The van der Waals surface area contributed by atoms with E-state index in [1.165, 1.54) is 11.3 Å². The average Bonchev–Trinajstić information content (AvgIpc) is 3.22. The maximum Gasteiger partial charge on any atom is 0.230 e. The zero-order valence-electron chi connectivity index (χ0n) is 18.3. The first-order valence-electron chi connectivity index (χ1n) is 11.3. The summed E-state index contributed by atoms with van der Waals surface area (Å²) < 4.78 is 12.0. The monoisotopic (exact) mass is 457 g/mol. The average molecular weight is 458 g/mol. The predicted molar refractivity (Wildman–Crippen MR) is 129 cm³/mol. The van der Waals surface area contributed by atoms with Crippen LogP contribution in [-0.2, 0) is 15.6 Å². The number of hydrogen-bond acceptors (Lipinski definition) is 4. The lowest BCUT2D eigenvalue weighted by atomic mass is 9.82. The number of thiophene rings is 1. The fraction of sp³-hybridized carbons (Fsp3) is 0.520. The van der Waals surface area contributed by atoms with Gasteiger partial charge in [0.15, 0.2) is 5.78 Å². The van der Waals surface area contributed by atoms with Crippen molar-refractivity contribution in [2.75, 3.05) is 16.4 Å². The van der Waals surface area contributed by atoms with Crippen molar-refractivity contribution in [2.24, 2.45) is 11.8 Å². The number of ketones is 1. The second-order valence-corrected chi connectivity index (χ2v) is 11.7. The Bertz CT molecular complexity index is 950. The summed E-state index contributed by atoms with van der Waals surface area (Å²) in [5, 5.41) is 0. The molecule has 4 nitrogen and oxygen atoms in total. The number of amides is 1. The first-order chi connectivity index (χ1) is 14.9. The van der Waals surface area contributed by atoms with Gasteiger partial charge in [-0.3, -0.25) is 13.8 Å². The molecule has 2 heterocycles. The van der Waals surface area contributed by atoms with Gasteiger partial charge in [0.1, 0.15) is 0 Å². The minimum Gasteiger partial charge on any atom is -0.307 e. The summed E-state index contributed by atoms with van der Waals surface area (Å²) in [7, 11) is -0.797. The summed E-state index contributed by atoms with van der Waals surface area (Å²) in [5.74, 6) is 2.10. The molecule has 0 atom stereocenters. The van der Waals surface area contributed by atoms with Crippen molar-refractivity contribution in [1.29, 1.82) is 0 Å². The Labute approximate surface area is 191 Å². The number of carbonyl (C=O) groups is 2. The highest BCUT2D eigenvalue weighted by Crippen LogP contribution is 2.41. The number of anilines is 1. The highest BCUT2D eigenvalue weighted by atomic mass is 32.2. The van der Waals surface area contributed by atoms with Gasteiger partial charge >= 0.3 is 0 Å². The molecule has 1 aromatic heterocycles. The molecule has 6 heteroatoms. The molecular weight excluding hydrogens is 426 g/mol. The summed E-state index contributed by atoms with van der Waals surface area (Å²) in [6, 6.07) is 12.1. The van der Waals surface area contributed by atoms with Crippen molar-refractivity contribution < 1.29 is 13.8 Å². The van der Waals surface area contributed by atoms with Gasteiger partial charge < -0.3 is 4.90 Å². The fourth-order valence-electron chi connectivity index (χ4n) is 4.80. The Kier molecular flexibility index (Phi) is 7.07. The molecule has 1 saturated carbocycles. The van der Waals surface area contributed by atoms with Gasteiger partial charge in [0, 0.05) is 46.1 Å². The number of hydrogen-bond donors (Lipinski definition) is 0. The minimum atomic E-state index is -0.797. The zero-order chi connectivity index (χ0) is 22.0. The number of benzene rings is 1. The van der Waals surface area contributed by atoms with E-state index >= 15 is 0 Å². The topological polar surface area (TPSA) is 54.5 Å². The van der Waals surface area contributed by atoms with E-state index < -0.39 is 10.8 Å². The standard InChI is InChI=1S/C25H31NO3S2/c1-17-8-10-20(11-9-17)25(28)26(21-12-14-31(29)15-13-21)22-16-23(30-24(22)18(2)27)19-6-4-3-5-7-19/h3-7,16-17,20-21H,8-15H2,1-2H3. The minimum absolute atomic E-state index is 0.00312. The molecule has 1 saturated heterocycles. The van der Waals surface area contributed by atoms with Crippen molar-refractivity contribution >= 4 is 39.5 Å². The van der Waals surface area contributed by atoms with E-state index in [0.29, 0.717) is 22.3 Å². The molecule has 2 aliphatic rings. The van der Waals surface area contributed by atoms with Crippen LogP contribution < -0.4 is 4.90 Å². The third-order valence-corrected chi connectivity index (χ3v) is 9.33. The summed E-state index contributed by atoms with van der Waals surface area (Å²) in [4.78, 5) is 30.1. The molecule has 31 heavy (non-hydrogen) atoms. The molecule has 2 fully saturated rings. The van der Waals surface area contributed by atoms with Crippen LogP contribution in [0.1, 0.15) is 62.0 Å². The maximum atomic E-state index is 13.9. The van der Waals surface area contributed by atoms with E-state index in [1.807, 2.05) is 41.3 Å². The van der Waals surface area contributed by atoms with Crippen LogP contribution in [0.4, 0.5) is 5.69 Å². The molecule has 2 aromatic rings. The van der Waals surface area contributed by atoms with Crippen molar-refractivity contribution in [3.05, 3.63) is 41.3 Å². The summed E-state index contributed by atoms with van der Waals surface area (Å²) in [6.07, 6.45) is 5.46. The largest absolute Gasteiger partial charge is 0.307 e.